The normalized spacial score (nSPS) is 17.0. The zero-order chi connectivity index (χ0) is 11.4. The van der Waals surface area contributed by atoms with E-state index in [4.69, 9.17) is 5.73 Å². The fourth-order valence-corrected chi connectivity index (χ4v) is 2.48. The summed E-state index contributed by atoms with van der Waals surface area (Å²) in [5.74, 6) is 0. The van der Waals surface area contributed by atoms with Crippen LogP contribution in [-0.2, 0) is 10.2 Å². The number of hydrogen-bond acceptors (Lipinski definition) is 3. The van der Waals surface area contributed by atoms with Crippen LogP contribution in [0.1, 0.15) is 34.1 Å². The molecule has 0 aliphatic heterocycles. The fraction of sp³-hybridized carbons (Fsp3) is 1.00. The van der Waals surface area contributed by atoms with Gasteiger partial charge < -0.3 is 5.73 Å². The van der Waals surface area contributed by atoms with Gasteiger partial charge in [0.1, 0.15) is 0 Å². The van der Waals surface area contributed by atoms with Crippen molar-refractivity contribution >= 4 is 10.2 Å². The minimum atomic E-state index is -3.44. The predicted octanol–water partition coefficient (Wildman–Crippen LogP) is -0.0538. The number of hydrogen-bond donors (Lipinski definition) is 3. The number of nitrogens with two attached hydrogens (primary N) is 1. The van der Waals surface area contributed by atoms with E-state index in [1.54, 1.807) is 20.8 Å². The molecule has 1 unspecified atom stereocenters. The van der Waals surface area contributed by atoms with E-state index in [0.717, 1.165) is 0 Å². The molecule has 0 heterocycles. The Kier molecular flexibility index (Phi) is 5.00. The minimum absolute atomic E-state index is 0.119. The van der Waals surface area contributed by atoms with E-state index < -0.39 is 15.7 Å². The highest BCUT2D eigenvalue weighted by Gasteiger charge is 2.26. The summed E-state index contributed by atoms with van der Waals surface area (Å²) in [5.41, 5.74) is 4.93. The minimum Gasteiger partial charge on any atom is -0.329 e. The van der Waals surface area contributed by atoms with Crippen LogP contribution >= 0.6 is 0 Å². The molecule has 4 N–H and O–H groups in total. The highest BCUT2D eigenvalue weighted by Crippen LogP contribution is 2.07. The topological polar surface area (TPSA) is 84.2 Å². The molecule has 0 radical (unpaired) electrons. The summed E-state index contributed by atoms with van der Waals surface area (Å²) < 4.78 is 28.0. The van der Waals surface area contributed by atoms with Crippen LogP contribution in [-0.4, -0.2) is 26.5 Å². The maximum atomic E-state index is 11.5. The molecule has 0 aliphatic carbocycles. The SMILES string of the molecule is CCC(C)(CN)NS(=O)(=O)NC(C)C. The molecule has 0 aromatic heterocycles. The van der Waals surface area contributed by atoms with E-state index >= 15 is 0 Å². The molecule has 0 fully saturated rings. The van der Waals surface area contributed by atoms with Crippen molar-refractivity contribution in [3.63, 3.8) is 0 Å². The van der Waals surface area contributed by atoms with Crippen molar-refractivity contribution in [3.8, 4) is 0 Å². The Balaban J connectivity index is 4.49. The molecule has 1 atom stereocenters. The van der Waals surface area contributed by atoms with Crippen LogP contribution in [0, 0.1) is 0 Å². The van der Waals surface area contributed by atoms with Gasteiger partial charge in [-0.15, -0.1) is 0 Å². The van der Waals surface area contributed by atoms with Gasteiger partial charge in [0.15, 0.2) is 0 Å². The van der Waals surface area contributed by atoms with Crippen molar-refractivity contribution in [2.45, 2.75) is 45.7 Å². The monoisotopic (exact) mass is 223 g/mol. The second kappa shape index (κ2) is 5.06. The van der Waals surface area contributed by atoms with E-state index in [9.17, 15) is 8.42 Å². The highest BCUT2D eigenvalue weighted by atomic mass is 32.2. The van der Waals surface area contributed by atoms with Crippen LogP contribution in [0.3, 0.4) is 0 Å². The van der Waals surface area contributed by atoms with Gasteiger partial charge in [-0.3, -0.25) is 0 Å². The summed E-state index contributed by atoms with van der Waals surface area (Å²) in [6, 6.07) is -0.119. The maximum absolute atomic E-state index is 11.5. The van der Waals surface area contributed by atoms with Gasteiger partial charge in [0.25, 0.3) is 10.2 Å². The molecule has 0 rings (SSSR count). The molecule has 0 aliphatic rings. The average Bonchev–Trinajstić information content (AvgIpc) is 2.01. The quantitative estimate of drug-likeness (QED) is 0.590. The third-order valence-electron chi connectivity index (χ3n) is 2.00. The largest absolute Gasteiger partial charge is 0.329 e. The first-order valence-corrected chi connectivity index (χ1v) is 6.24. The maximum Gasteiger partial charge on any atom is 0.277 e. The predicted molar refractivity (Wildman–Crippen MR) is 58.1 cm³/mol. The van der Waals surface area contributed by atoms with Gasteiger partial charge in [-0.25, -0.2) is 0 Å². The van der Waals surface area contributed by atoms with Crippen molar-refractivity contribution in [1.29, 1.82) is 0 Å². The zero-order valence-corrected chi connectivity index (χ0v) is 10.1. The van der Waals surface area contributed by atoms with Gasteiger partial charge >= 0.3 is 0 Å². The van der Waals surface area contributed by atoms with Crippen LogP contribution in [0.25, 0.3) is 0 Å². The number of nitrogens with one attached hydrogen (secondary N) is 2. The molecule has 0 aromatic rings. The highest BCUT2D eigenvalue weighted by molar-refractivity contribution is 7.87. The lowest BCUT2D eigenvalue weighted by Gasteiger charge is -2.28. The number of rotatable bonds is 6. The van der Waals surface area contributed by atoms with Crippen molar-refractivity contribution < 1.29 is 8.42 Å². The summed E-state index contributed by atoms with van der Waals surface area (Å²) in [6.45, 7) is 7.50. The molecule has 5 nitrogen and oxygen atoms in total. The van der Waals surface area contributed by atoms with Crippen LogP contribution in [0.5, 0.6) is 0 Å². The molecule has 6 heteroatoms. The molecular weight excluding hydrogens is 202 g/mol. The van der Waals surface area contributed by atoms with Crippen LogP contribution in [0.15, 0.2) is 0 Å². The lowest BCUT2D eigenvalue weighted by molar-refractivity contribution is 0.406. The molecule has 0 spiro atoms. The van der Waals surface area contributed by atoms with Gasteiger partial charge in [0.2, 0.25) is 0 Å². The molecule has 0 amide bonds. The summed E-state index contributed by atoms with van der Waals surface area (Å²) in [6.07, 6.45) is 0.655. The molecule has 0 saturated heterocycles. The summed E-state index contributed by atoms with van der Waals surface area (Å²) in [7, 11) is -3.44. The fourth-order valence-electron chi connectivity index (χ4n) is 0.922. The second-order valence-electron chi connectivity index (χ2n) is 4.00. The third-order valence-corrected chi connectivity index (χ3v) is 3.55. The molecule has 0 bridgehead atoms. The van der Waals surface area contributed by atoms with Gasteiger partial charge in [-0.1, -0.05) is 6.92 Å². The van der Waals surface area contributed by atoms with E-state index in [1.165, 1.54) is 0 Å². The van der Waals surface area contributed by atoms with Gasteiger partial charge in [0.05, 0.1) is 0 Å². The Hall–Kier alpha value is -0.170. The standard InChI is InChI=1S/C8H21N3O2S/c1-5-8(4,6-9)11-14(12,13)10-7(2)3/h7,10-11H,5-6,9H2,1-4H3. The zero-order valence-electron chi connectivity index (χ0n) is 9.29. The van der Waals surface area contributed by atoms with E-state index in [-0.39, 0.29) is 12.6 Å². The Morgan fingerprint density at radius 3 is 2.21 bits per heavy atom. The first kappa shape index (κ1) is 13.8. The first-order valence-electron chi connectivity index (χ1n) is 4.76. The van der Waals surface area contributed by atoms with Gasteiger partial charge in [-0.2, -0.15) is 17.9 Å². The van der Waals surface area contributed by atoms with Gasteiger partial charge in [0, 0.05) is 18.1 Å². The molecule has 0 aromatic carbocycles. The van der Waals surface area contributed by atoms with Crippen LogP contribution < -0.4 is 15.2 Å². The van der Waals surface area contributed by atoms with Crippen molar-refractivity contribution in [3.05, 3.63) is 0 Å². The Labute approximate surface area is 86.6 Å². The van der Waals surface area contributed by atoms with Crippen LogP contribution in [0.4, 0.5) is 0 Å². The summed E-state index contributed by atoms with van der Waals surface area (Å²) in [5, 5.41) is 0. The van der Waals surface area contributed by atoms with Gasteiger partial charge in [-0.05, 0) is 27.2 Å². The molecule has 86 valence electrons. The molecule has 14 heavy (non-hydrogen) atoms. The average molecular weight is 223 g/mol. The third kappa shape index (κ3) is 4.90. The first-order chi connectivity index (χ1) is 6.24. The summed E-state index contributed by atoms with van der Waals surface area (Å²) >= 11 is 0. The van der Waals surface area contributed by atoms with E-state index in [2.05, 4.69) is 9.44 Å². The lowest BCUT2D eigenvalue weighted by Crippen LogP contribution is -2.55. The molecular formula is C8H21N3O2S. The van der Waals surface area contributed by atoms with Crippen LogP contribution in [0.2, 0.25) is 0 Å². The van der Waals surface area contributed by atoms with Crippen molar-refractivity contribution in [2.75, 3.05) is 6.54 Å². The lowest BCUT2D eigenvalue weighted by atomic mass is 10.0. The second-order valence-corrected chi connectivity index (χ2v) is 5.44. The Morgan fingerprint density at radius 2 is 1.93 bits per heavy atom. The Bertz CT molecular complexity index is 258. The van der Waals surface area contributed by atoms with Crippen molar-refractivity contribution in [2.24, 2.45) is 5.73 Å². The Morgan fingerprint density at radius 1 is 1.43 bits per heavy atom. The van der Waals surface area contributed by atoms with E-state index in [0.29, 0.717) is 6.42 Å². The summed E-state index contributed by atoms with van der Waals surface area (Å²) in [4.78, 5) is 0. The van der Waals surface area contributed by atoms with Crippen molar-refractivity contribution in [1.82, 2.24) is 9.44 Å². The smallest absolute Gasteiger partial charge is 0.277 e. The molecule has 0 saturated carbocycles. The van der Waals surface area contributed by atoms with E-state index in [1.807, 2.05) is 6.92 Å².